The number of amides is 1. The number of hydrogen-bond acceptors (Lipinski definition) is 3. The molecule has 0 aliphatic carbocycles. The molecule has 1 amide bonds. The molecule has 0 spiro atoms. The molecular weight excluding hydrogens is 132 g/mol. The van der Waals surface area contributed by atoms with Gasteiger partial charge in [-0.15, -0.1) is 0 Å². The summed E-state index contributed by atoms with van der Waals surface area (Å²) in [7, 11) is 3.30. The lowest BCUT2D eigenvalue weighted by Crippen LogP contribution is -2.21. The maximum atomic E-state index is 11.0. The maximum Gasteiger partial charge on any atom is 0.284 e. The maximum absolute atomic E-state index is 11.0. The van der Waals surface area contributed by atoms with Crippen molar-refractivity contribution in [1.82, 2.24) is 9.88 Å². The lowest BCUT2D eigenvalue weighted by molar-refractivity contribution is 0.0822. The fourth-order valence-electron chi connectivity index (χ4n) is 0.511. The van der Waals surface area contributed by atoms with Crippen LogP contribution in [0, 0.1) is 6.39 Å². The van der Waals surface area contributed by atoms with E-state index in [1.165, 1.54) is 11.2 Å². The number of nitrogens with zero attached hydrogens (tertiary/aromatic N) is 2. The number of carbonyl (C=O) groups excluding carboxylic acids is 1. The smallest absolute Gasteiger partial charge is 0.284 e. The molecule has 0 aliphatic heterocycles. The van der Waals surface area contributed by atoms with Crippen molar-refractivity contribution in [3.05, 3.63) is 18.4 Å². The molecule has 0 saturated carbocycles. The largest absolute Gasteiger partial charge is 0.440 e. The van der Waals surface area contributed by atoms with Crippen LogP contribution in [0.25, 0.3) is 0 Å². The third-order valence-electron chi connectivity index (χ3n) is 1.01. The SMILES string of the molecule is CN(C)C(=O)c1co[c]n1. The fourth-order valence-corrected chi connectivity index (χ4v) is 0.511. The van der Waals surface area contributed by atoms with E-state index in [1.807, 2.05) is 0 Å². The number of aromatic nitrogens is 1. The Morgan fingerprint density at radius 2 is 2.50 bits per heavy atom. The van der Waals surface area contributed by atoms with Crippen molar-refractivity contribution in [1.29, 1.82) is 0 Å². The van der Waals surface area contributed by atoms with Crippen molar-refractivity contribution in [2.45, 2.75) is 0 Å². The molecular formula is C6H7N2O2. The van der Waals surface area contributed by atoms with Crippen LogP contribution in [0.1, 0.15) is 10.5 Å². The van der Waals surface area contributed by atoms with Gasteiger partial charge in [0.15, 0.2) is 5.69 Å². The molecule has 0 aliphatic rings. The molecule has 0 saturated heterocycles. The van der Waals surface area contributed by atoms with Crippen molar-refractivity contribution in [2.24, 2.45) is 0 Å². The van der Waals surface area contributed by atoms with Gasteiger partial charge in [0.2, 0.25) is 0 Å². The van der Waals surface area contributed by atoms with Crippen LogP contribution in [0.3, 0.4) is 0 Å². The van der Waals surface area contributed by atoms with E-state index in [9.17, 15) is 4.79 Å². The second kappa shape index (κ2) is 2.51. The first kappa shape index (κ1) is 6.80. The van der Waals surface area contributed by atoms with Gasteiger partial charge in [0.25, 0.3) is 12.3 Å². The monoisotopic (exact) mass is 139 g/mol. The number of oxazole rings is 1. The summed E-state index contributed by atoms with van der Waals surface area (Å²) >= 11 is 0. The Morgan fingerprint density at radius 3 is 2.90 bits per heavy atom. The number of carbonyl (C=O) groups is 1. The molecule has 1 radical (unpaired) electrons. The lowest BCUT2D eigenvalue weighted by atomic mass is 10.4. The molecule has 0 fully saturated rings. The van der Waals surface area contributed by atoms with Crippen molar-refractivity contribution in [2.75, 3.05) is 14.1 Å². The van der Waals surface area contributed by atoms with Crippen LogP contribution in [0.4, 0.5) is 0 Å². The molecule has 0 bridgehead atoms. The van der Waals surface area contributed by atoms with E-state index in [2.05, 4.69) is 15.8 Å². The summed E-state index contributed by atoms with van der Waals surface area (Å²) < 4.78 is 4.50. The van der Waals surface area contributed by atoms with Crippen LogP contribution in [0.5, 0.6) is 0 Å². The Balaban J connectivity index is 2.78. The second-order valence-electron chi connectivity index (χ2n) is 2.02. The Morgan fingerprint density at radius 1 is 1.80 bits per heavy atom. The standard InChI is InChI=1S/C6H7N2O2/c1-8(2)6(9)5-3-10-4-7-5/h3H,1-2H3. The first-order chi connectivity index (χ1) is 4.72. The first-order valence-electron chi connectivity index (χ1n) is 2.75. The number of rotatable bonds is 1. The van der Waals surface area contributed by atoms with Crippen molar-refractivity contribution in [3.8, 4) is 0 Å². The zero-order chi connectivity index (χ0) is 7.56. The molecule has 1 rings (SSSR count). The summed E-state index contributed by atoms with van der Waals surface area (Å²) in [5, 5.41) is 0. The van der Waals surface area contributed by atoms with Crippen molar-refractivity contribution in [3.63, 3.8) is 0 Å². The van der Waals surface area contributed by atoms with E-state index < -0.39 is 0 Å². The minimum absolute atomic E-state index is 0.176. The summed E-state index contributed by atoms with van der Waals surface area (Å²) in [6.45, 7) is 0. The first-order valence-corrected chi connectivity index (χ1v) is 2.75. The zero-order valence-electron chi connectivity index (χ0n) is 5.79. The van der Waals surface area contributed by atoms with E-state index in [0.717, 1.165) is 0 Å². The molecule has 0 unspecified atom stereocenters. The van der Waals surface area contributed by atoms with E-state index in [1.54, 1.807) is 14.1 Å². The fraction of sp³-hybridized carbons (Fsp3) is 0.333. The van der Waals surface area contributed by atoms with Crippen LogP contribution < -0.4 is 0 Å². The normalized spacial score (nSPS) is 9.40. The predicted octanol–water partition coefficient (Wildman–Crippen LogP) is 0.177. The Hall–Kier alpha value is -1.32. The highest BCUT2D eigenvalue weighted by molar-refractivity contribution is 5.91. The van der Waals surface area contributed by atoms with E-state index >= 15 is 0 Å². The van der Waals surface area contributed by atoms with Crippen LogP contribution in [0.15, 0.2) is 10.7 Å². The van der Waals surface area contributed by atoms with E-state index in [0.29, 0.717) is 0 Å². The molecule has 0 N–H and O–H groups in total. The third-order valence-corrected chi connectivity index (χ3v) is 1.01. The van der Waals surface area contributed by atoms with Gasteiger partial charge in [0.1, 0.15) is 6.26 Å². The van der Waals surface area contributed by atoms with Crippen molar-refractivity contribution >= 4 is 5.91 Å². The highest BCUT2D eigenvalue weighted by atomic mass is 16.3. The van der Waals surface area contributed by atoms with Crippen LogP contribution in [0.2, 0.25) is 0 Å². The van der Waals surface area contributed by atoms with Gasteiger partial charge in [0.05, 0.1) is 0 Å². The summed E-state index contributed by atoms with van der Waals surface area (Å²) in [6, 6.07) is 0. The van der Waals surface area contributed by atoms with Crippen LogP contribution in [-0.4, -0.2) is 29.9 Å². The van der Waals surface area contributed by atoms with Gasteiger partial charge in [-0.05, 0) is 0 Å². The highest BCUT2D eigenvalue weighted by Crippen LogP contribution is 1.96. The Labute approximate surface area is 58.5 Å². The molecule has 10 heavy (non-hydrogen) atoms. The third kappa shape index (κ3) is 1.15. The minimum Gasteiger partial charge on any atom is -0.440 e. The quantitative estimate of drug-likeness (QED) is 0.557. The summed E-state index contributed by atoms with van der Waals surface area (Å²) in [5.74, 6) is -0.176. The molecule has 1 aromatic heterocycles. The van der Waals surface area contributed by atoms with E-state index in [4.69, 9.17) is 0 Å². The van der Waals surface area contributed by atoms with Gasteiger partial charge in [-0.1, -0.05) is 0 Å². The average molecular weight is 139 g/mol. The predicted molar refractivity (Wildman–Crippen MR) is 33.4 cm³/mol. The van der Waals surface area contributed by atoms with Gasteiger partial charge in [-0.3, -0.25) is 4.79 Å². The van der Waals surface area contributed by atoms with Gasteiger partial charge in [-0.2, -0.15) is 4.98 Å². The van der Waals surface area contributed by atoms with Crippen molar-refractivity contribution < 1.29 is 9.21 Å². The van der Waals surface area contributed by atoms with Gasteiger partial charge < -0.3 is 9.32 Å². The van der Waals surface area contributed by atoms with Gasteiger partial charge in [-0.25, -0.2) is 0 Å². The van der Waals surface area contributed by atoms with Crippen LogP contribution in [-0.2, 0) is 0 Å². The molecule has 53 valence electrons. The van der Waals surface area contributed by atoms with Gasteiger partial charge in [0, 0.05) is 14.1 Å². The molecule has 4 nitrogen and oxygen atoms in total. The second-order valence-corrected chi connectivity index (χ2v) is 2.02. The number of hydrogen-bond donors (Lipinski definition) is 0. The van der Waals surface area contributed by atoms with Crippen LogP contribution >= 0.6 is 0 Å². The lowest BCUT2D eigenvalue weighted by Gasteiger charge is -2.05. The molecule has 4 heteroatoms. The van der Waals surface area contributed by atoms with Gasteiger partial charge >= 0.3 is 0 Å². The summed E-state index contributed by atoms with van der Waals surface area (Å²) in [6.07, 6.45) is 3.46. The van der Waals surface area contributed by atoms with E-state index in [-0.39, 0.29) is 11.6 Å². The highest BCUT2D eigenvalue weighted by Gasteiger charge is 2.09. The minimum atomic E-state index is -0.176. The summed E-state index contributed by atoms with van der Waals surface area (Å²) in [5.41, 5.74) is 0.282. The topological polar surface area (TPSA) is 46.3 Å². The zero-order valence-corrected chi connectivity index (χ0v) is 5.79. The molecule has 1 heterocycles. The molecule has 0 aromatic carbocycles. The Kier molecular flexibility index (Phi) is 1.71. The average Bonchev–Trinajstić information content (AvgIpc) is 2.36. The summed E-state index contributed by atoms with van der Waals surface area (Å²) in [4.78, 5) is 16.0. The molecule has 1 aromatic rings. The molecule has 0 atom stereocenters. The Bertz CT molecular complexity index is 216.